The molecule has 0 spiro atoms. The zero-order valence-electron chi connectivity index (χ0n) is 12.3. The standard InChI is InChI=1S/C13H20N4O3/c1-5-20-12(18)11-9-8-17(13(19)15(2)3)7-6-10(9)16(4)14-11/h5-8H2,1-4H3. The Morgan fingerprint density at radius 1 is 1.40 bits per heavy atom. The Morgan fingerprint density at radius 3 is 2.70 bits per heavy atom. The summed E-state index contributed by atoms with van der Waals surface area (Å²) in [6.45, 7) is 3.10. The normalized spacial score (nSPS) is 13.9. The van der Waals surface area contributed by atoms with E-state index in [9.17, 15) is 9.59 Å². The van der Waals surface area contributed by atoms with Crippen molar-refractivity contribution in [2.24, 2.45) is 7.05 Å². The largest absolute Gasteiger partial charge is 0.461 e. The van der Waals surface area contributed by atoms with Gasteiger partial charge in [0.15, 0.2) is 5.69 Å². The van der Waals surface area contributed by atoms with Crippen LogP contribution in [0.5, 0.6) is 0 Å². The molecule has 7 nitrogen and oxygen atoms in total. The molecule has 0 N–H and O–H groups in total. The third kappa shape index (κ3) is 2.48. The summed E-state index contributed by atoms with van der Waals surface area (Å²) in [6.07, 6.45) is 0.692. The number of amides is 2. The molecule has 1 aliphatic heterocycles. The van der Waals surface area contributed by atoms with Gasteiger partial charge in [-0.1, -0.05) is 0 Å². The van der Waals surface area contributed by atoms with Gasteiger partial charge in [0.1, 0.15) is 0 Å². The molecular weight excluding hydrogens is 260 g/mol. The molecule has 0 aliphatic carbocycles. The second kappa shape index (κ2) is 5.52. The summed E-state index contributed by atoms with van der Waals surface area (Å²) in [5.74, 6) is -0.427. The minimum atomic E-state index is -0.427. The fourth-order valence-corrected chi connectivity index (χ4v) is 2.40. The number of fused-ring (bicyclic) bond motifs is 1. The van der Waals surface area contributed by atoms with E-state index >= 15 is 0 Å². The van der Waals surface area contributed by atoms with Crippen LogP contribution in [0.15, 0.2) is 0 Å². The number of urea groups is 1. The second-order valence-corrected chi connectivity index (χ2v) is 4.97. The molecule has 7 heteroatoms. The fraction of sp³-hybridized carbons (Fsp3) is 0.615. The number of hydrogen-bond acceptors (Lipinski definition) is 4. The van der Waals surface area contributed by atoms with E-state index in [4.69, 9.17) is 4.74 Å². The van der Waals surface area contributed by atoms with Gasteiger partial charge in [-0.2, -0.15) is 5.10 Å². The number of hydrogen-bond donors (Lipinski definition) is 0. The summed E-state index contributed by atoms with van der Waals surface area (Å²) >= 11 is 0. The quantitative estimate of drug-likeness (QED) is 0.745. The van der Waals surface area contributed by atoms with Crippen LogP contribution in [-0.2, 0) is 24.8 Å². The molecule has 2 amide bonds. The Balaban J connectivity index is 2.30. The van der Waals surface area contributed by atoms with Crippen molar-refractivity contribution >= 4 is 12.0 Å². The number of nitrogens with zero attached hydrogens (tertiary/aromatic N) is 4. The van der Waals surface area contributed by atoms with Gasteiger partial charge >= 0.3 is 12.0 Å². The summed E-state index contributed by atoms with van der Waals surface area (Å²) in [4.78, 5) is 27.2. The van der Waals surface area contributed by atoms with Crippen LogP contribution in [0.2, 0.25) is 0 Å². The van der Waals surface area contributed by atoms with Crippen molar-refractivity contribution in [1.82, 2.24) is 19.6 Å². The Labute approximate surface area is 118 Å². The molecule has 0 bridgehead atoms. The van der Waals surface area contributed by atoms with Crippen LogP contribution >= 0.6 is 0 Å². The van der Waals surface area contributed by atoms with Crippen molar-refractivity contribution in [2.45, 2.75) is 19.9 Å². The first-order valence-electron chi connectivity index (χ1n) is 6.63. The number of carbonyl (C=O) groups is 2. The molecule has 0 radical (unpaired) electrons. The summed E-state index contributed by atoms with van der Waals surface area (Å²) in [6, 6.07) is -0.0608. The average Bonchev–Trinajstić information content (AvgIpc) is 2.75. The van der Waals surface area contributed by atoms with E-state index in [0.717, 1.165) is 11.3 Å². The van der Waals surface area contributed by atoms with Gasteiger partial charge < -0.3 is 14.5 Å². The predicted octanol–water partition coefficient (Wildman–Crippen LogP) is 0.637. The summed E-state index contributed by atoms with van der Waals surface area (Å²) in [5.41, 5.74) is 2.11. The molecule has 0 saturated carbocycles. The molecule has 2 rings (SSSR count). The summed E-state index contributed by atoms with van der Waals surface area (Å²) in [5, 5.41) is 4.24. The molecule has 110 valence electrons. The number of rotatable bonds is 2. The smallest absolute Gasteiger partial charge is 0.359 e. The molecule has 20 heavy (non-hydrogen) atoms. The van der Waals surface area contributed by atoms with Crippen molar-refractivity contribution in [1.29, 1.82) is 0 Å². The lowest BCUT2D eigenvalue weighted by atomic mass is 10.1. The lowest BCUT2D eigenvalue weighted by Gasteiger charge is -2.29. The van der Waals surface area contributed by atoms with Gasteiger partial charge in [-0.3, -0.25) is 4.68 Å². The molecule has 0 fully saturated rings. The van der Waals surface area contributed by atoms with E-state index in [-0.39, 0.29) is 6.03 Å². The lowest BCUT2D eigenvalue weighted by Crippen LogP contribution is -2.42. The molecule has 0 unspecified atom stereocenters. The monoisotopic (exact) mass is 280 g/mol. The van der Waals surface area contributed by atoms with Crippen LogP contribution in [0.3, 0.4) is 0 Å². The number of carbonyl (C=O) groups excluding carboxylic acids is 2. The molecule has 2 heterocycles. The molecule has 1 aliphatic rings. The van der Waals surface area contributed by atoms with Gasteiger partial charge in [-0.25, -0.2) is 9.59 Å². The van der Waals surface area contributed by atoms with E-state index in [2.05, 4.69) is 5.10 Å². The van der Waals surface area contributed by atoms with Gasteiger partial charge in [0.2, 0.25) is 0 Å². The maximum Gasteiger partial charge on any atom is 0.359 e. The highest BCUT2D eigenvalue weighted by molar-refractivity contribution is 5.89. The number of aromatic nitrogens is 2. The Kier molecular flexibility index (Phi) is 3.96. The fourth-order valence-electron chi connectivity index (χ4n) is 2.40. The molecule has 0 aromatic carbocycles. The van der Waals surface area contributed by atoms with Gasteiger partial charge in [-0.15, -0.1) is 0 Å². The Hall–Kier alpha value is -2.05. The molecule has 1 aromatic heterocycles. The van der Waals surface area contributed by atoms with Crippen LogP contribution in [-0.4, -0.2) is 58.8 Å². The highest BCUT2D eigenvalue weighted by Crippen LogP contribution is 2.23. The molecular formula is C13H20N4O3. The molecule has 1 aromatic rings. The van der Waals surface area contributed by atoms with Crippen LogP contribution in [0.25, 0.3) is 0 Å². The SMILES string of the molecule is CCOC(=O)c1nn(C)c2c1CN(C(=O)N(C)C)CC2. The van der Waals surface area contributed by atoms with Gasteiger partial charge in [-0.05, 0) is 6.92 Å². The predicted molar refractivity (Wildman–Crippen MR) is 72.4 cm³/mol. The highest BCUT2D eigenvalue weighted by Gasteiger charge is 2.30. The lowest BCUT2D eigenvalue weighted by molar-refractivity contribution is 0.0516. The maximum atomic E-state index is 12.0. The van der Waals surface area contributed by atoms with Crippen molar-refractivity contribution in [2.75, 3.05) is 27.2 Å². The third-order valence-corrected chi connectivity index (χ3v) is 3.36. The molecule has 0 atom stereocenters. The van der Waals surface area contributed by atoms with E-state index in [1.165, 1.54) is 4.90 Å². The van der Waals surface area contributed by atoms with Crippen LogP contribution in [0, 0.1) is 0 Å². The third-order valence-electron chi connectivity index (χ3n) is 3.36. The van der Waals surface area contributed by atoms with Gasteiger partial charge in [0.05, 0.1) is 13.2 Å². The van der Waals surface area contributed by atoms with Crippen molar-refractivity contribution < 1.29 is 14.3 Å². The second-order valence-electron chi connectivity index (χ2n) is 4.97. The van der Waals surface area contributed by atoms with Crippen molar-refractivity contribution in [3.05, 3.63) is 17.0 Å². The highest BCUT2D eigenvalue weighted by atomic mass is 16.5. The minimum absolute atomic E-state index is 0.0608. The summed E-state index contributed by atoms with van der Waals surface area (Å²) < 4.78 is 6.73. The van der Waals surface area contributed by atoms with Gasteiger partial charge in [0.25, 0.3) is 0 Å². The number of ether oxygens (including phenoxy) is 1. The number of esters is 1. The van der Waals surface area contributed by atoms with Crippen LogP contribution in [0.4, 0.5) is 4.79 Å². The first-order chi connectivity index (χ1) is 9.45. The molecule has 0 saturated heterocycles. The van der Waals surface area contributed by atoms with Crippen molar-refractivity contribution in [3.63, 3.8) is 0 Å². The minimum Gasteiger partial charge on any atom is -0.461 e. The number of aryl methyl sites for hydroxylation is 1. The van der Waals surface area contributed by atoms with E-state index < -0.39 is 5.97 Å². The Morgan fingerprint density at radius 2 is 2.10 bits per heavy atom. The van der Waals surface area contributed by atoms with Crippen LogP contribution in [0.1, 0.15) is 28.7 Å². The van der Waals surface area contributed by atoms with Gasteiger partial charge in [0, 0.05) is 45.4 Å². The van der Waals surface area contributed by atoms with E-state index in [0.29, 0.717) is 31.8 Å². The zero-order chi connectivity index (χ0) is 14.9. The summed E-state index contributed by atoms with van der Waals surface area (Å²) in [7, 11) is 5.24. The first kappa shape index (κ1) is 14.4. The maximum absolute atomic E-state index is 12.0. The van der Waals surface area contributed by atoms with E-state index in [1.807, 2.05) is 7.05 Å². The average molecular weight is 280 g/mol. The zero-order valence-corrected chi connectivity index (χ0v) is 12.3. The van der Waals surface area contributed by atoms with E-state index in [1.54, 1.807) is 30.6 Å². The Bertz CT molecular complexity index is 536. The van der Waals surface area contributed by atoms with Crippen molar-refractivity contribution in [3.8, 4) is 0 Å². The topological polar surface area (TPSA) is 67.7 Å². The first-order valence-corrected chi connectivity index (χ1v) is 6.63. The van der Waals surface area contributed by atoms with Crippen LogP contribution < -0.4 is 0 Å².